The van der Waals surface area contributed by atoms with E-state index in [9.17, 15) is 4.79 Å². The Kier molecular flexibility index (Phi) is 5.26. The van der Waals surface area contributed by atoms with Crippen LogP contribution in [0.5, 0.6) is 0 Å². The lowest BCUT2D eigenvalue weighted by Crippen LogP contribution is -2.13. The van der Waals surface area contributed by atoms with Crippen LogP contribution in [0.4, 0.5) is 11.5 Å². The summed E-state index contributed by atoms with van der Waals surface area (Å²) in [5, 5.41) is 7.82. The topological polar surface area (TPSA) is 69.8 Å². The van der Waals surface area contributed by atoms with Gasteiger partial charge in [0.25, 0.3) is 5.91 Å². The maximum Gasteiger partial charge on any atom is 0.257 e. The molecule has 0 aliphatic heterocycles. The lowest BCUT2D eigenvalue weighted by Gasteiger charge is -2.08. The zero-order chi connectivity index (χ0) is 19.3. The van der Waals surface area contributed by atoms with Crippen LogP contribution >= 0.6 is 11.6 Å². The number of pyridine rings is 1. The number of anilines is 2. The molecule has 5 nitrogen and oxygen atoms in total. The number of carbonyl (C=O) groups is 1. The molecule has 0 fully saturated rings. The molecule has 2 heterocycles. The van der Waals surface area contributed by atoms with Crippen LogP contribution in [0.25, 0.3) is 10.9 Å². The summed E-state index contributed by atoms with van der Waals surface area (Å²) in [5.74, 6) is 0.486. The van der Waals surface area contributed by atoms with Gasteiger partial charge in [0.1, 0.15) is 5.82 Å². The van der Waals surface area contributed by atoms with Crippen LogP contribution in [0.1, 0.15) is 15.9 Å². The van der Waals surface area contributed by atoms with Crippen LogP contribution in [-0.2, 0) is 6.42 Å². The number of aromatic amines is 1. The van der Waals surface area contributed by atoms with Crippen molar-refractivity contribution in [1.82, 2.24) is 9.97 Å². The number of amides is 1. The van der Waals surface area contributed by atoms with Gasteiger partial charge in [0.05, 0.1) is 16.3 Å². The third-order valence-electron chi connectivity index (χ3n) is 4.52. The summed E-state index contributed by atoms with van der Waals surface area (Å²) < 4.78 is 0. The average Bonchev–Trinajstić information content (AvgIpc) is 3.13. The molecule has 4 rings (SSSR count). The van der Waals surface area contributed by atoms with Gasteiger partial charge in [0.2, 0.25) is 0 Å². The third kappa shape index (κ3) is 4.00. The number of carbonyl (C=O) groups excluding carboxylic acids is 1. The van der Waals surface area contributed by atoms with Crippen LogP contribution in [0.15, 0.2) is 73.1 Å². The van der Waals surface area contributed by atoms with Crippen LogP contribution in [0, 0.1) is 0 Å². The van der Waals surface area contributed by atoms with Gasteiger partial charge in [-0.3, -0.25) is 4.79 Å². The highest BCUT2D eigenvalue weighted by molar-refractivity contribution is 6.33. The van der Waals surface area contributed by atoms with E-state index in [0.717, 1.165) is 24.3 Å². The number of hydrogen-bond acceptors (Lipinski definition) is 3. The van der Waals surface area contributed by atoms with Gasteiger partial charge in [0.15, 0.2) is 0 Å². The van der Waals surface area contributed by atoms with Crippen molar-refractivity contribution < 1.29 is 4.79 Å². The van der Waals surface area contributed by atoms with Crippen molar-refractivity contribution in [3.8, 4) is 0 Å². The molecule has 0 radical (unpaired) electrons. The molecule has 6 heteroatoms. The molecule has 0 aliphatic carbocycles. The number of aromatic nitrogens is 2. The summed E-state index contributed by atoms with van der Waals surface area (Å²) in [4.78, 5) is 20.0. The van der Waals surface area contributed by atoms with Crippen molar-refractivity contribution >= 4 is 39.9 Å². The quantitative estimate of drug-likeness (QED) is 0.427. The van der Waals surface area contributed by atoms with E-state index in [1.807, 2.05) is 30.5 Å². The van der Waals surface area contributed by atoms with Gasteiger partial charge < -0.3 is 15.6 Å². The maximum atomic E-state index is 12.3. The van der Waals surface area contributed by atoms with Crippen molar-refractivity contribution in [3.05, 3.63) is 89.2 Å². The molecular weight excluding hydrogens is 372 g/mol. The largest absolute Gasteiger partial charge is 0.370 e. The minimum absolute atomic E-state index is 0.244. The predicted molar refractivity (Wildman–Crippen MR) is 114 cm³/mol. The molecule has 0 saturated heterocycles. The monoisotopic (exact) mass is 390 g/mol. The van der Waals surface area contributed by atoms with E-state index < -0.39 is 0 Å². The van der Waals surface area contributed by atoms with E-state index in [0.29, 0.717) is 16.3 Å². The number of fused-ring (bicyclic) bond motifs is 1. The first kappa shape index (κ1) is 18.1. The van der Waals surface area contributed by atoms with Gasteiger partial charge in [-0.25, -0.2) is 4.98 Å². The molecule has 0 saturated carbocycles. The standard InChI is InChI=1S/C22H19ClN4O/c23-18-6-2-4-8-20(18)27-22(28)16-9-10-21(26-14-16)24-12-11-15-13-25-19-7-3-1-5-17(15)19/h1-10,13-14,25H,11-12H2,(H,24,26)(H,27,28). The summed E-state index contributed by atoms with van der Waals surface area (Å²) in [6.07, 6.45) is 4.47. The molecule has 0 bridgehead atoms. The van der Waals surface area contributed by atoms with Crippen molar-refractivity contribution in [3.63, 3.8) is 0 Å². The van der Waals surface area contributed by atoms with Gasteiger partial charge >= 0.3 is 0 Å². The van der Waals surface area contributed by atoms with Gasteiger partial charge in [-0.05, 0) is 42.3 Å². The SMILES string of the molecule is O=C(Nc1ccccc1Cl)c1ccc(NCCc2c[nH]c3ccccc23)nc1. The van der Waals surface area contributed by atoms with Crippen LogP contribution in [-0.4, -0.2) is 22.4 Å². The number of halogens is 1. The maximum absolute atomic E-state index is 12.3. The minimum atomic E-state index is -0.244. The highest BCUT2D eigenvalue weighted by Gasteiger charge is 2.09. The molecule has 1 amide bonds. The van der Waals surface area contributed by atoms with E-state index in [1.165, 1.54) is 10.9 Å². The van der Waals surface area contributed by atoms with E-state index in [2.05, 4.69) is 32.7 Å². The Morgan fingerprint density at radius 3 is 2.68 bits per heavy atom. The molecule has 4 aromatic rings. The number of nitrogens with one attached hydrogen (secondary N) is 3. The molecule has 0 aliphatic rings. The second-order valence-corrected chi connectivity index (χ2v) is 6.81. The van der Waals surface area contributed by atoms with E-state index in [4.69, 9.17) is 11.6 Å². The molecule has 140 valence electrons. The summed E-state index contributed by atoms with van der Waals surface area (Å²) in [6, 6.07) is 18.9. The van der Waals surface area contributed by atoms with Gasteiger partial charge in [-0.15, -0.1) is 0 Å². The summed E-state index contributed by atoms with van der Waals surface area (Å²) in [5.41, 5.74) is 3.46. The fourth-order valence-corrected chi connectivity index (χ4v) is 3.24. The Morgan fingerprint density at radius 2 is 1.86 bits per heavy atom. The van der Waals surface area contributed by atoms with E-state index in [-0.39, 0.29) is 5.91 Å². The first-order valence-electron chi connectivity index (χ1n) is 9.01. The minimum Gasteiger partial charge on any atom is -0.370 e. The number of rotatable bonds is 6. The number of benzene rings is 2. The number of hydrogen-bond donors (Lipinski definition) is 3. The third-order valence-corrected chi connectivity index (χ3v) is 4.85. The number of H-pyrrole nitrogens is 1. The molecule has 28 heavy (non-hydrogen) atoms. The van der Waals surface area contributed by atoms with Gasteiger partial charge in [-0.2, -0.15) is 0 Å². The molecule has 0 atom stereocenters. The Balaban J connectivity index is 1.34. The number of para-hydroxylation sites is 2. The summed E-state index contributed by atoms with van der Waals surface area (Å²) in [7, 11) is 0. The summed E-state index contributed by atoms with van der Waals surface area (Å²) >= 11 is 6.07. The number of nitrogens with zero attached hydrogens (tertiary/aromatic N) is 1. The highest BCUT2D eigenvalue weighted by Crippen LogP contribution is 2.21. The van der Waals surface area contributed by atoms with Gasteiger partial charge in [0, 0.05) is 29.8 Å². The first-order chi connectivity index (χ1) is 13.7. The second kappa shape index (κ2) is 8.15. The molecule has 0 unspecified atom stereocenters. The normalized spacial score (nSPS) is 10.8. The fourth-order valence-electron chi connectivity index (χ4n) is 3.05. The molecular formula is C22H19ClN4O. The van der Waals surface area contributed by atoms with Crippen LogP contribution in [0.2, 0.25) is 5.02 Å². The van der Waals surface area contributed by atoms with E-state index >= 15 is 0 Å². The molecule has 2 aromatic heterocycles. The van der Waals surface area contributed by atoms with Gasteiger partial charge in [-0.1, -0.05) is 41.9 Å². The molecule has 2 aromatic carbocycles. The van der Waals surface area contributed by atoms with Crippen molar-refractivity contribution in [2.75, 3.05) is 17.2 Å². The zero-order valence-electron chi connectivity index (χ0n) is 15.1. The molecule has 3 N–H and O–H groups in total. The Labute approximate surface area is 167 Å². The van der Waals surface area contributed by atoms with Crippen LogP contribution < -0.4 is 10.6 Å². The Hall–Kier alpha value is -3.31. The predicted octanol–water partition coefficient (Wildman–Crippen LogP) is 5.12. The Bertz CT molecular complexity index is 1100. The smallest absolute Gasteiger partial charge is 0.257 e. The first-order valence-corrected chi connectivity index (χ1v) is 9.39. The Morgan fingerprint density at radius 1 is 1.04 bits per heavy atom. The summed E-state index contributed by atoms with van der Waals surface area (Å²) in [6.45, 7) is 0.750. The average molecular weight is 391 g/mol. The zero-order valence-corrected chi connectivity index (χ0v) is 15.8. The highest BCUT2D eigenvalue weighted by atomic mass is 35.5. The molecule has 0 spiro atoms. The van der Waals surface area contributed by atoms with E-state index in [1.54, 1.807) is 30.5 Å². The lowest BCUT2D eigenvalue weighted by atomic mass is 10.1. The van der Waals surface area contributed by atoms with Crippen LogP contribution in [0.3, 0.4) is 0 Å². The second-order valence-electron chi connectivity index (χ2n) is 6.40. The van der Waals surface area contributed by atoms with Crippen molar-refractivity contribution in [2.24, 2.45) is 0 Å². The van der Waals surface area contributed by atoms with Crippen molar-refractivity contribution in [1.29, 1.82) is 0 Å². The lowest BCUT2D eigenvalue weighted by molar-refractivity contribution is 0.102. The van der Waals surface area contributed by atoms with Crippen molar-refractivity contribution in [2.45, 2.75) is 6.42 Å². The fraction of sp³-hybridized carbons (Fsp3) is 0.0909.